The molecule has 4 nitrogen and oxygen atoms in total. The molecule has 0 saturated carbocycles. The second-order valence-electron chi connectivity index (χ2n) is 7.74. The molecule has 0 aliphatic carbocycles. The number of phenols is 1. The van der Waals surface area contributed by atoms with E-state index in [2.05, 4.69) is 37.6 Å². The first-order valence-corrected chi connectivity index (χ1v) is 9.35. The van der Waals surface area contributed by atoms with Gasteiger partial charge in [-0.25, -0.2) is 14.4 Å². The SMILES string of the molecule is CC(C)CN(CC(C)C)c1nc(-c2ccccc2O)nc2ccc(F)cc12. The number of rotatable bonds is 6. The van der Waals surface area contributed by atoms with Crippen LogP contribution in [-0.4, -0.2) is 28.2 Å². The second kappa shape index (κ2) is 7.91. The molecule has 3 rings (SSSR count). The van der Waals surface area contributed by atoms with Gasteiger partial charge in [-0.15, -0.1) is 0 Å². The minimum Gasteiger partial charge on any atom is -0.507 e. The molecule has 5 heteroatoms. The van der Waals surface area contributed by atoms with Crippen molar-refractivity contribution in [3.05, 3.63) is 48.3 Å². The number of nitrogens with zero attached hydrogens (tertiary/aromatic N) is 3. The highest BCUT2D eigenvalue weighted by Gasteiger charge is 2.19. The summed E-state index contributed by atoms with van der Waals surface area (Å²) in [5.41, 5.74) is 1.23. The average molecular weight is 367 g/mol. The van der Waals surface area contributed by atoms with Gasteiger partial charge < -0.3 is 10.0 Å². The summed E-state index contributed by atoms with van der Waals surface area (Å²) in [5.74, 6) is 1.83. The van der Waals surface area contributed by atoms with Crippen LogP contribution in [0.15, 0.2) is 42.5 Å². The zero-order valence-corrected chi connectivity index (χ0v) is 16.3. The monoisotopic (exact) mass is 367 g/mol. The maximum Gasteiger partial charge on any atom is 0.165 e. The molecule has 1 aromatic heterocycles. The van der Waals surface area contributed by atoms with Crippen molar-refractivity contribution in [1.82, 2.24) is 9.97 Å². The Kier molecular flexibility index (Phi) is 5.59. The highest BCUT2D eigenvalue weighted by atomic mass is 19.1. The maximum atomic E-state index is 14.0. The van der Waals surface area contributed by atoms with E-state index in [1.165, 1.54) is 12.1 Å². The normalized spacial score (nSPS) is 11.5. The van der Waals surface area contributed by atoms with Crippen LogP contribution in [0, 0.1) is 17.7 Å². The van der Waals surface area contributed by atoms with E-state index in [0.717, 1.165) is 13.1 Å². The molecule has 0 saturated heterocycles. The Balaban J connectivity index is 2.24. The number of fused-ring (bicyclic) bond motifs is 1. The highest BCUT2D eigenvalue weighted by molar-refractivity contribution is 5.91. The molecule has 1 N–H and O–H groups in total. The molecule has 0 atom stereocenters. The number of aromatic nitrogens is 2. The van der Waals surface area contributed by atoms with Gasteiger partial charge in [-0.3, -0.25) is 0 Å². The minimum absolute atomic E-state index is 0.129. The molecule has 142 valence electrons. The third-order valence-electron chi connectivity index (χ3n) is 4.25. The summed E-state index contributed by atoms with van der Waals surface area (Å²) in [4.78, 5) is 11.5. The van der Waals surface area contributed by atoms with E-state index in [0.29, 0.717) is 39.9 Å². The van der Waals surface area contributed by atoms with E-state index in [-0.39, 0.29) is 11.6 Å². The third kappa shape index (κ3) is 4.35. The largest absolute Gasteiger partial charge is 0.507 e. The van der Waals surface area contributed by atoms with E-state index in [1.807, 2.05) is 6.07 Å². The topological polar surface area (TPSA) is 49.2 Å². The van der Waals surface area contributed by atoms with Crippen LogP contribution in [0.5, 0.6) is 5.75 Å². The first-order valence-electron chi connectivity index (χ1n) is 9.35. The van der Waals surface area contributed by atoms with E-state index in [1.54, 1.807) is 24.3 Å². The van der Waals surface area contributed by atoms with Gasteiger partial charge >= 0.3 is 0 Å². The molecule has 0 aliphatic rings. The Hall–Kier alpha value is -2.69. The number of phenolic OH excluding ortho intramolecular Hbond substituents is 1. The van der Waals surface area contributed by atoms with Crippen LogP contribution in [0.25, 0.3) is 22.3 Å². The summed E-state index contributed by atoms with van der Waals surface area (Å²) in [7, 11) is 0. The Morgan fingerprint density at radius 2 is 1.63 bits per heavy atom. The lowest BCUT2D eigenvalue weighted by Crippen LogP contribution is -2.32. The van der Waals surface area contributed by atoms with Gasteiger partial charge in [-0.1, -0.05) is 39.8 Å². The number of anilines is 1. The molecule has 3 aromatic rings. The van der Waals surface area contributed by atoms with Crippen molar-refractivity contribution in [3.63, 3.8) is 0 Å². The number of para-hydroxylation sites is 1. The molecule has 0 radical (unpaired) electrons. The second-order valence-corrected chi connectivity index (χ2v) is 7.74. The Morgan fingerprint density at radius 3 is 2.26 bits per heavy atom. The summed E-state index contributed by atoms with van der Waals surface area (Å²) >= 11 is 0. The zero-order chi connectivity index (χ0) is 19.6. The average Bonchev–Trinajstić information content (AvgIpc) is 2.60. The molecule has 0 unspecified atom stereocenters. The molecule has 0 aliphatic heterocycles. The van der Waals surface area contributed by atoms with Gasteiger partial charge in [0.15, 0.2) is 5.82 Å². The number of hydrogen-bond donors (Lipinski definition) is 1. The first-order chi connectivity index (χ1) is 12.8. The molecule has 27 heavy (non-hydrogen) atoms. The van der Waals surface area contributed by atoms with Crippen LogP contribution in [0.4, 0.5) is 10.2 Å². The van der Waals surface area contributed by atoms with Gasteiger partial charge in [0.25, 0.3) is 0 Å². The number of benzene rings is 2. The van der Waals surface area contributed by atoms with Gasteiger partial charge in [0.1, 0.15) is 17.4 Å². The summed E-state index contributed by atoms with van der Waals surface area (Å²) in [6.07, 6.45) is 0. The van der Waals surface area contributed by atoms with Crippen LogP contribution in [-0.2, 0) is 0 Å². The lowest BCUT2D eigenvalue weighted by Gasteiger charge is -2.28. The van der Waals surface area contributed by atoms with Crippen molar-refractivity contribution in [2.45, 2.75) is 27.7 Å². The molecular weight excluding hydrogens is 341 g/mol. The van der Waals surface area contributed by atoms with Crippen LogP contribution in [0.1, 0.15) is 27.7 Å². The van der Waals surface area contributed by atoms with Gasteiger partial charge in [0.05, 0.1) is 11.1 Å². The number of aromatic hydroxyl groups is 1. The summed E-state index contributed by atoms with van der Waals surface area (Å²) in [6.45, 7) is 10.2. The van der Waals surface area contributed by atoms with Crippen molar-refractivity contribution in [2.75, 3.05) is 18.0 Å². The molecule has 0 amide bonds. The van der Waals surface area contributed by atoms with E-state index in [9.17, 15) is 9.50 Å². The van der Waals surface area contributed by atoms with Crippen LogP contribution >= 0.6 is 0 Å². The maximum absolute atomic E-state index is 14.0. The third-order valence-corrected chi connectivity index (χ3v) is 4.25. The summed E-state index contributed by atoms with van der Waals surface area (Å²) in [6, 6.07) is 11.6. The van der Waals surface area contributed by atoms with Crippen LogP contribution in [0.3, 0.4) is 0 Å². The molecule has 1 heterocycles. The van der Waals surface area contributed by atoms with Gasteiger partial charge in [-0.2, -0.15) is 0 Å². The van der Waals surface area contributed by atoms with Gasteiger partial charge in [0.2, 0.25) is 0 Å². The van der Waals surface area contributed by atoms with Gasteiger partial charge in [0, 0.05) is 18.5 Å². The molecule has 0 fully saturated rings. The van der Waals surface area contributed by atoms with E-state index >= 15 is 0 Å². The van der Waals surface area contributed by atoms with Crippen LogP contribution in [0.2, 0.25) is 0 Å². The zero-order valence-electron chi connectivity index (χ0n) is 16.3. The van der Waals surface area contributed by atoms with Crippen molar-refractivity contribution < 1.29 is 9.50 Å². The molecule has 2 aromatic carbocycles. The Morgan fingerprint density at radius 1 is 0.963 bits per heavy atom. The predicted molar refractivity (Wildman–Crippen MR) is 108 cm³/mol. The molecule has 0 bridgehead atoms. The van der Waals surface area contributed by atoms with Crippen molar-refractivity contribution >= 4 is 16.7 Å². The highest BCUT2D eigenvalue weighted by Crippen LogP contribution is 2.32. The van der Waals surface area contributed by atoms with E-state index in [4.69, 9.17) is 4.98 Å². The fraction of sp³-hybridized carbons (Fsp3) is 0.364. The molecule has 0 spiro atoms. The number of halogens is 1. The van der Waals surface area contributed by atoms with Gasteiger partial charge in [-0.05, 0) is 42.2 Å². The van der Waals surface area contributed by atoms with Crippen molar-refractivity contribution in [1.29, 1.82) is 0 Å². The standard InChI is InChI=1S/C22H26FN3O/c1-14(2)12-26(13-15(3)4)22-18-11-16(23)9-10-19(18)24-21(25-22)17-7-5-6-8-20(17)27/h5-11,14-15,27H,12-13H2,1-4H3. The minimum atomic E-state index is -0.309. The molecular formula is C22H26FN3O. The smallest absolute Gasteiger partial charge is 0.165 e. The summed E-state index contributed by atoms with van der Waals surface area (Å²) < 4.78 is 14.0. The predicted octanol–water partition coefficient (Wildman–Crippen LogP) is 5.26. The fourth-order valence-corrected chi connectivity index (χ4v) is 3.24. The van der Waals surface area contributed by atoms with Crippen molar-refractivity contribution in [2.24, 2.45) is 11.8 Å². The fourth-order valence-electron chi connectivity index (χ4n) is 3.24. The van der Waals surface area contributed by atoms with E-state index < -0.39 is 0 Å². The summed E-state index contributed by atoms with van der Waals surface area (Å²) in [5, 5.41) is 10.9. The van der Waals surface area contributed by atoms with Crippen molar-refractivity contribution in [3.8, 4) is 17.1 Å². The number of hydrogen-bond acceptors (Lipinski definition) is 4. The van der Waals surface area contributed by atoms with Crippen LogP contribution < -0.4 is 4.90 Å². The Labute approximate surface area is 159 Å². The lowest BCUT2D eigenvalue weighted by atomic mass is 10.1. The Bertz CT molecular complexity index is 930. The quantitative estimate of drug-likeness (QED) is 0.646. The lowest BCUT2D eigenvalue weighted by molar-refractivity contribution is 0.477. The first kappa shape index (κ1) is 19.1.